The topological polar surface area (TPSA) is 57.6 Å². The fourth-order valence-electron chi connectivity index (χ4n) is 2.99. The number of aliphatic carboxylic acids is 1. The molecule has 27 heavy (non-hydrogen) atoms. The molecule has 2 atom stereocenters. The SMILES string of the molecule is Cc1ccccc1C(=O)N1C(C(=O)O)CSC1c1ccc(C(F)(F)F)cc1. The van der Waals surface area contributed by atoms with Gasteiger partial charge in [-0.15, -0.1) is 11.8 Å². The highest BCUT2D eigenvalue weighted by molar-refractivity contribution is 7.99. The minimum atomic E-state index is -4.46. The van der Waals surface area contributed by atoms with E-state index in [1.54, 1.807) is 31.2 Å². The summed E-state index contributed by atoms with van der Waals surface area (Å²) in [5.41, 5.74) is 0.748. The van der Waals surface area contributed by atoms with Gasteiger partial charge in [0, 0.05) is 11.3 Å². The average Bonchev–Trinajstić information content (AvgIpc) is 3.06. The van der Waals surface area contributed by atoms with Crippen molar-refractivity contribution in [2.24, 2.45) is 0 Å². The number of carbonyl (C=O) groups is 2. The average molecular weight is 395 g/mol. The second kappa shape index (κ2) is 7.26. The molecule has 2 aromatic carbocycles. The molecule has 1 aliphatic rings. The van der Waals surface area contributed by atoms with Crippen LogP contribution in [0.1, 0.15) is 32.4 Å². The number of thioether (sulfide) groups is 1. The second-order valence-electron chi connectivity index (χ2n) is 6.19. The van der Waals surface area contributed by atoms with Gasteiger partial charge in [0.05, 0.1) is 5.56 Å². The summed E-state index contributed by atoms with van der Waals surface area (Å²) in [6, 6.07) is 10.3. The summed E-state index contributed by atoms with van der Waals surface area (Å²) < 4.78 is 38.4. The van der Waals surface area contributed by atoms with Crippen molar-refractivity contribution in [3.05, 3.63) is 70.8 Å². The zero-order chi connectivity index (χ0) is 19.8. The number of carbonyl (C=O) groups excluding carboxylic acids is 1. The maximum Gasteiger partial charge on any atom is 0.416 e. The van der Waals surface area contributed by atoms with E-state index in [2.05, 4.69) is 0 Å². The summed E-state index contributed by atoms with van der Waals surface area (Å²) in [5.74, 6) is -1.42. The van der Waals surface area contributed by atoms with E-state index in [9.17, 15) is 27.9 Å². The molecule has 1 fully saturated rings. The first-order valence-corrected chi connectivity index (χ1v) is 9.15. The van der Waals surface area contributed by atoms with Gasteiger partial charge in [0.15, 0.2) is 0 Å². The third kappa shape index (κ3) is 3.80. The fourth-order valence-corrected chi connectivity index (χ4v) is 4.41. The van der Waals surface area contributed by atoms with E-state index in [0.29, 0.717) is 16.7 Å². The van der Waals surface area contributed by atoms with Crippen LogP contribution in [0, 0.1) is 6.92 Å². The van der Waals surface area contributed by atoms with E-state index >= 15 is 0 Å². The van der Waals surface area contributed by atoms with Crippen molar-refractivity contribution in [3.8, 4) is 0 Å². The van der Waals surface area contributed by atoms with Crippen molar-refractivity contribution in [1.82, 2.24) is 4.90 Å². The number of aryl methyl sites for hydroxylation is 1. The number of nitrogens with zero attached hydrogens (tertiary/aromatic N) is 1. The van der Waals surface area contributed by atoms with Gasteiger partial charge in [-0.3, -0.25) is 4.79 Å². The largest absolute Gasteiger partial charge is 0.480 e. The first kappa shape index (κ1) is 19.3. The Morgan fingerprint density at radius 3 is 2.30 bits per heavy atom. The number of alkyl halides is 3. The lowest BCUT2D eigenvalue weighted by Gasteiger charge is -2.28. The molecule has 1 amide bonds. The first-order chi connectivity index (χ1) is 12.7. The Morgan fingerprint density at radius 1 is 1.11 bits per heavy atom. The van der Waals surface area contributed by atoms with Crippen molar-refractivity contribution >= 4 is 23.6 Å². The molecular formula is C19H16F3NO3S. The first-order valence-electron chi connectivity index (χ1n) is 8.10. The van der Waals surface area contributed by atoms with Gasteiger partial charge in [0.1, 0.15) is 11.4 Å². The highest BCUT2D eigenvalue weighted by Crippen LogP contribution is 2.43. The monoisotopic (exact) mass is 395 g/mol. The molecule has 1 aliphatic heterocycles. The molecule has 0 bridgehead atoms. The lowest BCUT2D eigenvalue weighted by atomic mass is 10.1. The zero-order valence-corrected chi connectivity index (χ0v) is 15.1. The minimum Gasteiger partial charge on any atom is -0.480 e. The van der Waals surface area contributed by atoms with Crippen molar-refractivity contribution in [1.29, 1.82) is 0 Å². The maximum absolute atomic E-state index is 13.1. The molecule has 2 aromatic rings. The van der Waals surface area contributed by atoms with Gasteiger partial charge in [0.2, 0.25) is 0 Å². The van der Waals surface area contributed by atoms with Gasteiger partial charge in [-0.1, -0.05) is 30.3 Å². The lowest BCUT2D eigenvalue weighted by Crippen LogP contribution is -2.43. The van der Waals surface area contributed by atoms with E-state index in [4.69, 9.17) is 0 Å². The zero-order valence-electron chi connectivity index (χ0n) is 14.2. The molecule has 1 N–H and O–H groups in total. The molecular weight excluding hydrogens is 379 g/mol. The van der Waals surface area contributed by atoms with Crippen LogP contribution < -0.4 is 0 Å². The molecule has 0 saturated carbocycles. The fraction of sp³-hybridized carbons (Fsp3) is 0.263. The third-order valence-corrected chi connectivity index (χ3v) is 5.74. The van der Waals surface area contributed by atoms with Crippen LogP contribution >= 0.6 is 11.8 Å². The Kier molecular flexibility index (Phi) is 5.19. The third-order valence-electron chi connectivity index (χ3n) is 4.42. The summed E-state index contributed by atoms with van der Waals surface area (Å²) in [7, 11) is 0. The molecule has 4 nitrogen and oxygen atoms in total. The van der Waals surface area contributed by atoms with Crippen LogP contribution in [0.5, 0.6) is 0 Å². The van der Waals surface area contributed by atoms with Crippen LogP contribution in [-0.4, -0.2) is 33.7 Å². The lowest BCUT2D eigenvalue weighted by molar-refractivity contribution is -0.141. The molecule has 0 aromatic heterocycles. The van der Waals surface area contributed by atoms with Gasteiger partial charge in [0.25, 0.3) is 5.91 Å². The standard InChI is InChI=1S/C19H16F3NO3S/c1-11-4-2-3-5-14(11)16(24)23-15(18(25)26)10-27-17(23)12-6-8-13(9-7-12)19(20,21)22/h2-9,15,17H,10H2,1H3,(H,25,26). The van der Waals surface area contributed by atoms with Gasteiger partial charge in [-0.25, -0.2) is 4.79 Å². The Balaban J connectivity index is 1.98. The van der Waals surface area contributed by atoms with Crippen LogP contribution in [0.4, 0.5) is 13.2 Å². The van der Waals surface area contributed by atoms with Crippen LogP contribution in [0.2, 0.25) is 0 Å². The predicted molar refractivity (Wildman–Crippen MR) is 95.4 cm³/mol. The van der Waals surface area contributed by atoms with E-state index in [1.807, 2.05) is 0 Å². The summed E-state index contributed by atoms with van der Waals surface area (Å²) in [6.07, 6.45) is -4.46. The van der Waals surface area contributed by atoms with Crippen molar-refractivity contribution in [2.75, 3.05) is 5.75 Å². The second-order valence-corrected chi connectivity index (χ2v) is 7.30. The summed E-state index contributed by atoms with van der Waals surface area (Å²) in [6.45, 7) is 1.75. The van der Waals surface area contributed by atoms with Crippen LogP contribution in [0.3, 0.4) is 0 Å². The van der Waals surface area contributed by atoms with E-state index in [1.165, 1.54) is 28.8 Å². The Labute approximate surface area is 158 Å². The Hall–Kier alpha value is -2.48. The molecule has 2 unspecified atom stereocenters. The van der Waals surface area contributed by atoms with Gasteiger partial charge in [-0.2, -0.15) is 13.2 Å². The van der Waals surface area contributed by atoms with Crippen molar-refractivity contribution in [2.45, 2.75) is 24.5 Å². The number of benzene rings is 2. The number of hydrogen-bond donors (Lipinski definition) is 1. The van der Waals surface area contributed by atoms with Crippen molar-refractivity contribution < 1.29 is 27.9 Å². The molecule has 3 rings (SSSR count). The number of rotatable bonds is 3. The molecule has 0 aliphatic carbocycles. The molecule has 0 spiro atoms. The smallest absolute Gasteiger partial charge is 0.416 e. The normalized spacial score (nSPS) is 19.9. The van der Waals surface area contributed by atoms with Crippen LogP contribution in [-0.2, 0) is 11.0 Å². The summed E-state index contributed by atoms with van der Waals surface area (Å²) in [4.78, 5) is 25.9. The maximum atomic E-state index is 13.1. The molecule has 1 saturated heterocycles. The van der Waals surface area contributed by atoms with Gasteiger partial charge >= 0.3 is 12.1 Å². The number of amides is 1. The van der Waals surface area contributed by atoms with E-state index < -0.39 is 35.0 Å². The Morgan fingerprint density at radius 2 is 1.74 bits per heavy atom. The summed E-state index contributed by atoms with van der Waals surface area (Å²) >= 11 is 1.23. The number of carboxylic acid groups (broad SMARTS) is 1. The highest BCUT2D eigenvalue weighted by atomic mass is 32.2. The molecule has 8 heteroatoms. The summed E-state index contributed by atoms with van der Waals surface area (Å²) in [5, 5.41) is 8.84. The molecule has 142 valence electrons. The van der Waals surface area contributed by atoms with Crippen LogP contribution in [0.25, 0.3) is 0 Å². The highest BCUT2D eigenvalue weighted by Gasteiger charge is 2.43. The predicted octanol–water partition coefficient (Wildman–Crippen LogP) is 4.35. The van der Waals surface area contributed by atoms with E-state index in [-0.39, 0.29) is 5.75 Å². The molecule has 0 radical (unpaired) electrons. The van der Waals surface area contributed by atoms with Crippen molar-refractivity contribution in [3.63, 3.8) is 0 Å². The number of carboxylic acids is 1. The number of halogens is 3. The Bertz CT molecular complexity index is 867. The minimum absolute atomic E-state index is 0.165. The van der Waals surface area contributed by atoms with Gasteiger partial charge < -0.3 is 10.0 Å². The molecule has 1 heterocycles. The van der Waals surface area contributed by atoms with Crippen LogP contribution in [0.15, 0.2) is 48.5 Å². The number of hydrogen-bond acceptors (Lipinski definition) is 3. The van der Waals surface area contributed by atoms with E-state index in [0.717, 1.165) is 12.1 Å². The van der Waals surface area contributed by atoms with Gasteiger partial charge in [-0.05, 0) is 36.2 Å². The quantitative estimate of drug-likeness (QED) is 0.839.